The van der Waals surface area contributed by atoms with Gasteiger partial charge in [0, 0.05) is 73.5 Å². The second-order valence-corrected chi connectivity index (χ2v) is 29.1. The van der Waals surface area contributed by atoms with Gasteiger partial charge in [-0.25, -0.2) is 14.4 Å². The Bertz CT molecular complexity index is 4800. The van der Waals surface area contributed by atoms with Gasteiger partial charge in [-0.2, -0.15) is 0 Å². The number of hydrogen-bond acceptors (Lipinski definition) is 20. The fraction of sp³-hybridized carbons (Fsp3) is 0.395. The molecule has 1 spiro atoms. The summed E-state index contributed by atoms with van der Waals surface area (Å²) in [6, 6.07) is 30.5. The lowest BCUT2D eigenvalue weighted by molar-refractivity contribution is -0.132. The number of methoxy groups -OCH3 is 4. The Balaban J connectivity index is 0.570. The second kappa shape index (κ2) is 32.9. The van der Waals surface area contributed by atoms with E-state index in [-0.39, 0.29) is 97.2 Å². The molecule has 0 radical (unpaired) electrons. The molecule has 6 aliphatic rings. The SMILES string of the molecule is COc1ccc(C2=CN3C(=O)c4cc(OC)c(OCCCOc5cc6c(cc5OC)C(=O)N5CC7(CC7)C[C@H]5C(O)N6C(=O)OCc5ccc(NC(=O)[C@H](C)NC(=O)[C@@H](NC(=O)CNC(=O)CNC(=O)CCC(=O)N6Cc7ccccc7-c7c(nnn7C(C)C)-c7ccccc76)C(C)C)cc5)cc4NC[C@@H]3C2)cc1OC. The van der Waals surface area contributed by atoms with Crippen LogP contribution in [0, 0.1) is 11.3 Å². The molecule has 5 atom stereocenters. The Morgan fingerprint density at radius 2 is 1.33 bits per heavy atom. The van der Waals surface area contributed by atoms with Gasteiger partial charge in [-0.05, 0) is 123 Å². The lowest BCUT2D eigenvalue weighted by Gasteiger charge is -2.31. The summed E-state index contributed by atoms with van der Waals surface area (Å²) in [5.41, 5.74) is 8.33. The zero-order valence-electron chi connectivity index (χ0n) is 63.3. The predicted molar refractivity (Wildman–Crippen MR) is 409 cm³/mol. The molecule has 30 nitrogen and oxygen atoms in total. The minimum Gasteiger partial charge on any atom is -0.493 e. The molecule has 1 unspecified atom stereocenters. The van der Waals surface area contributed by atoms with Gasteiger partial charge in [-0.3, -0.25) is 38.4 Å². The Labute approximate surface area is 641 Å². The quantitative estimate of drug-likeness (QED) is 0.0238. The number of aliphatic hydroxyl groups excluding tert-OH is 1. The van der Waals surface area contributed by atoms with Crippen molar-refractivity contribution in [3.05, 3.63) is 149 Å². The molecule has 111 heavy (non-hydrogen) atoms. The maximum atomic E-state index is 14.5. The van der Waals surface area contributed by atoms with E-state index in [9.17, 15) is 48.3 Å². The molecule has 7 aromatic rings. The number of carbonyl (C=O) groups excluding carboxylic acids is 9. The van der Waals surface area contributed by atoms with Gasteiger partial charge in [0.15, 0.2) is 40.7 Å². The van der Waals surface area contributed by atoms with Gasteiger partial charge in [0.25, 0.3) is 11.8 Å². The average molecular weight is 1520 g/mol. The van der Waals surface area contributed by atoms with Crippen molar-refractivity contribution in [3.63, 3.8) is 0 Å². The number of fused-ring (bicyclic) bond motifs is 9. The van der Waals surface area contributed by atoms with Gasteiger partial charge in [0.05, 0.1) is 107 Å². The third-order valence-corrected chi connectivity index (χ3v) is 20.9. The minimum absolute atomic E-state index is 0.0177. The first kappa shape index (κ1) is 77.0. The molecule has 6 heterocycles. The van der Waals surface area contributed by atoms with Crippen molar-refractivity contribution in [2.45, 2.75) is 129 Å². The number of carbonyl (C=O) groups is 9. The standard InChI is InChI=1S/C81H91N13O17/c1-45(2)72(87-70(97)40-84-69(96)39-83-68(95)25-26-71(98)91-41-50-15-10-11-16-54(50)74-73(88-89-94(74)46(3)4)55-17-12-13-18-59(55)91)76(100)85-47(5)75(99)86-52-22-19-48(20-23-52)43-111-80(104)93-60-36-67(65(108-9)34-57(60)78(102)92-44-81(27-28-81)37-61(92)79(93)103)110-30-14-29-109-66-35-58-56(33-64(66)107-8)77(101)90-42-51(31-53(90)38-82-58)49-21-24-62(105-6)63(32-49)106-7/h10-13,15-24,32-36,42,45-47,53,61,72,79,82,103H,14,25-31,37-41,43-44H2,1-9H3,(H,83,95)(H,84,96)(H,85,100)(H,86,99)(H,87,97)/t47-,53-,61-,72-,79?/m0/s1. The first-order valence-electron chi connectivity index (χ1n) is 37.1. The van der Waals surface area contributed by atoms with Crippen molar-refractivity contribution in [1.82, 2.24) is 46.1 Å². The van der Waals surface area contributed by atoms with Gasteiger partial charge in [-0.1, -0.05) is 79.7 Å². The average Bonchev–Trinajstić information content (AvgIpc) is 1.57. The van der Waals surface area contributed by atoms with E-state index in [1.165, 1.54) is 33.3 Å². The summed E-state index contributed by atoms with van der Waals surface area (Å²) in [6.45, 7) is 8.94. The number of hydrogen-bond donors (Lipinski definition) is 7. The minimum atomic E-state index is -1.51. The van der Waals surface area contributed by atoms with Crippen molar-refractivity contribution in [1.29, 1.82) is 0 Å². The van der Waals surface area contributed by atoms with Crippen molar-refractivity contribution in [3.8, 4) is 57.0 Å². The van der Waals surface area contributed by atoms with Crippen molar-refractivity contribution in [2.24, 2.45) is 11.3 Å². The Morgan fingerprint density at radius 1 is 0.667 bits per heavy atom. The molecule has 0 bridgehead atoms. The number of anilines is 4. The van der Waals surface area contributed by atoms with E-state index in [2.05, 4.69) is 42.2 Å². The molecular weight excluding hydrogens is 1430 g/mol. The van der Waals surface area contributed by atoms with Crippen LogP contribution in [0.5, 0.6) is 34.5 Å². The molecule has 7 N–H and O–H groups in total. The Kier molecular flexibility index (Phi) is 22.8. The van der Waals surface area contributed by atoms with Crippen LogP contribution in [0.2, 0.25) is 0 Å². The van der Waals surface area contributed by atoms with Crippen LogP contribution in [0.4, 0.5) is 27.5 Å². The molecule has 1 aromatic heterocycles. The van der Waals surface area contributed by atoms with Gasteiger partial charge < -0.3 is 84.9 Å². The number of para-hydroxylation sites is 1. The van der Waals surface area contributed by atoms with E-state index in [0.29, 0.717) is 89.2 Å². The number of nitrogens with zero attached hydrogens (tertiary/aromatic N) is 7. The van der Waals surface area contributed by atoms with Crippen LogP contribution in [-0.2, 0) is 46.7 Å². The van der Waals surface area contributed by atoms with Crippen LogP contribution >= 0.6 is 0 Å². The van der Waals surface area contributed by atoms with E-state index >= 15 is 0 Å². The molecule has 2 fully saturated rings. The highest BCUT2D eigenvalue weighted by molar-refractivity contribution is 6.07. The summed E-state index contributed by atoms with van der Waals surface area (Å²) in [7, 11) is 6.10. The number of benzene rings is 6. The molecule has 6 aromatic carbocycles. The zero-order chi connectivity index (χ0) is 78.5. The topological polar surface area (TPSA) is 354 Å². The Morgan fingerprint density at radius 3 is 2.04 bits per heavy atom. The monoisotopic (exact) mass is 1520 g/mol. The van der Waals surface area contributed by atoms with E-state index in [1.54, 1.807) is 79.2 Å². The van der Waals surface area contributed by atoms with E-state index in [1.807, 2.05) is 91.5 Å². The molecule has 582 valence electrons. The molecule has 1 aliphatic carbocycles. The second-order valence-electron chi connectivity index (χ2n) is 29.1. The fourth-order valence-corrected chi connectivity index (χ4v) is 14.7. The van der Waals surface area contributed by atoms with E-state index < -0.39 is 79.0 Å². The molecular formula is C81H91N13O17. The normalized spacial score (nSPS) is 17.4. The largest absolute Gasteiger partial charge is 0.493 e. The lowest BCUT2D eigenvalue weighted by Crippen LogP contribution is -2.55. The molecule has 5 aliphatic heterocycles. The summed E-state index contributed by atoms with van der Waals surface area (Å²) in [4.78, 5) is 130. The van der Waals surface area contributed by atoms with Gasteiger partial charge >= 0.3 is 6.09 Å². The molecule has 9 amide bonds. The van der Waals surface area contributed by atoms with Gasteiger partial charge in [-0.15, -0.1) is 5.10 Å². The van der Waals surface area contributed by atoms with Gasteiger partial charge in [0.1, 0.15) is 24.4 Å². The van der Waals surface area contributed by atoms with Crippen LogP contribution in [0.1, 0.15) is 123 Å². The lowest BCUT2D eigenvalue weighted by atomic mass is 9.95. The maximum Gasteiger partial charge on any atom is 0.416 e. The van der Waals surface area contributed by atoms with Crippen LogP contribution in [0.3, 0.4) is 0 Å². The highest BCUT2D eigenvalue weighted by Crippen LogP contribution is 2.57. The van der Waals surface area contributed by atoms with Crippen molar-refractivity contribution in [2.75, 3.05) is 88.3 Å². The fourth-order valence-electron chi connectivity index (χ4n) is 14.7. The summed E-state index contributed by atoms with van der Waals surface area (Å²) < 4.78 is 42.8. The third-order valence-electron chi connectivity index (χ3n) is 20.9. The summed E-state index contributed by atoms with van der Waals surface area (Å²) in [6.07, 6.45) is 2.22. The third kappa shape index (κ3) is 16.4. The van der Waals surface area contributed by atoms with Crippen LogP contribution in [-0.4, -0.2) is 181 Å². The summed E-state index contributed by atoms with van der Waals surface area (Å²) >= 11 is 0. The number of amides is 9. The predicted octanol–water partition coefficient (Wildman–Crippen LogP) is 8.37. The number of rotatable bonds is 27. The Hall–Kier alpha value is -12.2. The first-order chi connectivity index (χ1) is 53.5. The highest BCUT2D eigenvalue weighted by Gasteiger charge is 2.58. The maximum absolute atomic E-state index is 14.5. The summed E-state index contributed by atoms with van der Waals surface area (Å²) in [5, 5.41) is 37.7. The molecule has 1 saturated carbocycles. The number of ether oxygens (including phenoxy) is 7. The van der Waals surface area contributed by atoms with E-state index in [0.717, 1.165) is 51.3 Å². The van der Waals surface area contributed by atoms with E-state index in [4.69, 9.17) is 33.2 Å². The zero-order valence-corrected chi connectivity index (χ0v) is 63.3. The molecule has 1 saturated heterocycles. The first-order valence-corrected chi connectivity index (χ1v) is 37.1. The smallest absolute Gasteiger partial charge is 0.416 e. The summed E-state index contributed by atoms with van der Waals surface area (Å²) in [5.74, 6) is -2.23. The molecule has 30 heteroatoms. The number of aromatic nitrogens is 3. The van der Waals surface area contributed by atoms with Crippen LogP contribution in [0.25, 0.3) is 28.1 Å². The van der Waals surface area contributed by atoms with Crippen LogP contribution in [0.15, 0.2) is 121 Å². The van der Waals surface area contributed by atoms with Gasteiger partial charge in [0.2, 0.25) is 35.4 Å². The van der Waals surface area contributed by atoms with Crippen molar-refractivity contribution < 1.29 is 81.4 Å². The highest BCUT2D eigenvalue weighted by atomic mass is 16.6. The molecule has 13 rings (SSSR count). The van der Waals surface area contributed by atoms with Crippen LogP contribution < -0.4 is 70.1 Å². The number of nitrogens with one attached hydrogen (secondary N) is 6. The van der Waals surface area contributed by atoms with Crippen molar-refractivity contribution >= 4 is 81.7 Å². The number of aliphatic hydroxyl groups is 1.